The first kappa shape index (κ1) is 22.7. The zero-order valence-corrected chi connectivity index (χ0v) is 19.6. The predicted molar refractivity (Wildman–Crippen MR) is 131 cm³/mol. The van der Waals surface area contributed by atoms with Crippen LogP contribution in [-0.2, 0) is 0 Å². The largest absolute Gasteiger partial charge is 0.335 e. The minimum absolute atomic E-state index is 0.00399. The predicted octanol–water partition coefficient (Wildman–Crippen LogP) is 4.72. The van der Waals surface area contributed by atoms with Gasteiger partial charge in [0, 0.05) is 43.0 Å². The first-order chi connectivity index (χ1) is 15.9. The Morgan fingerprint density at radius 2 is 1.45 bits per heavy atom. The Labute approximate surface area is 197 Å². The van der Waals surface area contributed by atoms with E-state index in [1.807, 2.05) is 35.7 Å². The van der Waals surface area contributed by atoms with Crippen LogP contribution >= 0.6 is 11.3 Å². The van der Waals surface area contributed by atoms with Gasteiger partial charge in [-0.3, -0.25) is 14.4 Å². The number of nitrogens with zero attached hydrogens (tertiary/aromatic N) is 2. The number of anilines is 1. The molecule has 170 valence electrons. The van der Waals surface area contributed by atoms with E-state index in [-0.39, 0.29) is 17.7 Å². The van der Waals surface area contributed by atoms with Crippen molar-refractivity contribution < 1.29 is 14.4 Å². The van der Waals surface area contributed by atoms with Crippen molar-refractivity contribution in [3.8, 4) is 0 Å². The number of nitrogens with one attached hydrogen (secondary N) is 1. The fraction of sp³-hybridized carbons (Fsp3) is 0.269. The second-order valence-electron chi connectivity index (χ2n) is 8.37. The lowest BCUT2D eigenvalue weighted by atomic mass is 10.0. The first-order valence-corrected chi connectivity index (χ1v) is 11.9. The standard InChI is InChI=1S/C26H27N3O3S/c1-18(2)19-8-10-20(11-9-19)25(31)28-12-14-29(15-13-28)26(32)21-5-3-6-22(17-21)27-24(30)23-7-4-16-33-23/h3-11,16-18H,12-15H2,1-2H3,(H,27,30). The third kappa shape index (κ3) is 5.31. The van der Waals surface area contributed by atoms with Gasteiger partial charge in [-0.1, -0.05) is 38.1 Å². The van der Waals surface area contributed by atoms with Gasteiger partial charge in [-0.25, -0.2) is 0 Å². The topological polar surface area (TPSA) is 69.7 Å². The lowest BCUT2D eigenvalue weighted by Gasteiger charge is -2.35. The molecule has 33 heavy (non-hydrogen) atoms. The molecule has 4 rings (SSSR count). The molecule has 1 fully saturated rings. The van der Waals surface area contributed by atoms with Crippen molar-refractivity contribution in [3.63, 3.8) is 0 Å². The summed E-state index contributed by atoms with van der Waals surface area (Å²) in [4.78, 5) is 42.3. The molecule has 3 amide bonds. The molecule has 0 atom stereocenters. The van der Waals surface area contributed by atoms with Crippen LogP contribution in [0.2, 0.25) is 0 Å². The second kappa shape index (κ2) is 10.0. The molecule has 3 aromatic rings. The van der Waals surface area contributed by atoms with Crippen molar-refractivity contribution in [1.29, 1.82) is 0 Å². The summed E-state index contributed by atoms with van der Waals surface area (Å²) in [5.74, 6) is 0.126. The van der Waals surface area contributed by atoms with Gasteiger partial charge in [-0.05, 0) is 53.3 Å². The number of hydrogen-bond donors (Lipinski definition) is 1. The van der Waals surface area contributed by atoms with Gasteiger partial charge >= 0.3 is 0 Å². The van der Waals surface area contributed by atoms with E-state index in [1.54, 1.807) is 40.1 Å². The molecular formula is C26H27N3O3S. The zero-order valence-electron chi connectivity index (χ0n) is 18.8. The van der Waals surface area contributed by atoms with Crippen molar-refractivity contribution >= 4 is 34.7 Å². The third-order valence-corrected chi connectivity index (χ3v) is 6.66. The highest BCUT2D eigenvalue weighted by molar-refractivity contribution is 7.12. The Morgan fingerprint density at radius 1 is 0.818 bits per heavy atom. The Hall–Kier alpha value is -3.45. The van der Waals surface area contributed by atoms with Gasteiger partial charge in [0.2, 0.25) is 0 Å². The second-order valence-corrected chi connectivity index (χ2v) is 9.32. The highest BCUT2D eigenvalue weighted by Gasteiger charge is 2.25. The molecular weight excluding hydrogens is 434 g/mol. The highest BCUT2D eigenvalue weighted by Crippen LogP contribution is 2.19. The van der Waals surface area contributed by atoms with E-state index >= 15 is 0 Å². The number of rotatable bonds is 5. The number of amides is 3. The van der Waals surface area contributed by atoms with Crippen molar-refractivity contribution in [2.75, 3.05) is 31.5 Å². The Kier molecular flexibility index (Phi) is 6.89. The molecule has 0 bridgehead atoms. The normalized spacial score (nSPS) is 13.8. The molecule has 2 aromatic carbocycles. The van der Waals surface area contributed by atoms with Crippen molar-refractivity contribution in [2.45, 2.75) is 19.8 Å². The number of carbonyl (C=O) groups is 3. The number of benzene rings is 2. The van der Waals surface area contributed by atoms with Crippen molar-refractivity contribution in [3.05, 3.63) is 87.6 Å². The molecule has 0 aliphatic carbocycles. The summed E-state index contributed by atoms with van der Waals surface area (Å²) in [6.07, 6.45) is 0. The Bertz CT molecular complexity index is 1130. The van der Waals surface area contributed by atoms with Crippen molar-refractivity contribution in [2.24, 2.45) is 0 Å². The molecule has 0 unspecified atom stereocenters. The van der Waals surface area contributed by atoms with Crippen LogP contribution in [-0.4, -0.2) is 53.7 Å². The molecule has 1 saturated heterocycles. The molecule has 1 aliphatic heterocycles. The van der Waals surface area contributed by atoms with E-state index in [1.165, 1.54) is 16.9 Å². The zero-order chi connectivity index (χ0) is 23.4. The summed E-state index contributed by atoms with van der Waals surface area (Å²) in [6, 6.07) is 18.3. The Balaban J connectivity index is 1.35. The molecule has 0 saturated carbocycles. The minimum Gasteiger partial charge on any atom is -0.335 e. The highest BCUT2D eigenvalue weighted by atomic mass is 32.1. The fourth-order valence-corrected chi connectivity index (χ4v) is 4.44. The first-order valence-electron chi connectivity index (χ1n) is 11.1. The molecule has 1 N–H and O–H groups in total. The monoisotopic (exact) mass is 461 g/mol. The number of carbonyl (C=O) groups excluding carboxylic acids is 3. The van der Waals surface area contributed by atoms with Crippen molar-refractivity contribution in [1.82, 2.24) is 9.80 Å². The van der Waals surface area contributed by atoms with Crippen LogP contribution in [0.5, 0.6) is 0 Å². The van der Waals surface area contributed by atoms with Crippen LogP contribution in [0.25, 0.3) is 0 Å². The summed E-state index contributed by atoms with van der Waals surface area (Å²) in [7, 11) is 0. The van der Waals surface area contributed by atoms with Gasteiger partial charge in [0.1, 0.15) is 0 Å². The molecule has 1 aromatic heterocycles. The van der Waals surface area contributed by atoms with E-state index in [4.69, 9.17) is 0 Å². The van der Waals surface area contributed by atoms with E-state index in [9.17, 15) is 14.4 Å². The van der Waals surface area contributed by atoms with Gasteiger partial charge in [0.05, 0.1) is 4.88 Å². The van der Waals surface area contributed by atoms with Crippen LogP contribution in [0.4, 0.5) is 5.69 Å². The smallest absolute Gasteiger partial charge is 0.265 e. The van der Waals surface area contributed by atoms with Crippen LogP contribution in [0.3, 0.4) is 0 Å². The quantitative estimate of drug-likeness (QED) is 0.598. The number of thiophene rings is 1. The molecule has 7 heteroatoms. The van der Waals surface area contributed by atoms with Gasteiger partial charge in [-0.15, -0.1) is 11.3 Å². The fourth-order valence-electron chi connectivity index (χ4n) is 3.82. The average molecular weight is 462 g/mol. The van der Waals surface area contributed by atoms with Crippen LogP contribution < -0.4 is 5.32 Å². The van der Waals surface area contributed by atoms with E-state index in [0.717, 1.165) is 0 Å². The van der Waals surface area contributed by atoms with Gasteiger partial charge in [0.25, 0.3) is 17.7 Å². The summed E-state index contributed by atoms with van der Waals surface area (Å²) < 4.78 is 0. The third-order valence-electron chi connectivity index (χ3n) is 5.79. The lowest BCUT2D eigenvalue weighted by molar-refractivity contribution is 0.0535. The van der Waals surface area contributed by atoms with E-state index < -0.39 is 0 Å². The Morgan fingerprint density at radius 3 is 2.03 bits per heavy atom. The van der Waals surface area contributed by atoms with Gasteiger partial charge < -0.3 is 15.1 Å². The lowest BCUT2D eigenvalue weighted by Crippen LogP contribution is -2.50. The molecule has 1 aliphatic rings. The van der Waals surface area contributed by atoms with Gasteiger partial charge in [-0.2, -0.15) is 0 Å². The van der Waals surface area contributed by atoms with Gasteiger partial charge in [0.15, 0.2) is 0 Å². The summed E-state index contributed by atoms with van der Waals surface area (Å²) in [5.41, 5.74) is 2.98. The maximum atomic E-state index is 13.0. The van der Waals surface area contributed by atoms with E-state index in [2.05, 4.69) is 19.2 Å². The summed E-state index contributed by atoms with van der Waals surface area (Å²) in [6.45, 7) is 6.18. The van der Waals surface area contributed by atoms with E-state index in [0.29, 0.717) is 53.8 Å². The molecule has 0 spiro atoms. The van der Waals surface area contributed by atoms with Crippen LogP contribution in [0.15, 0.2) is 66.0 Å². The summed E-state index contributed by atoms with van der Waals surface area (Å²) in [5, 5.41) is 4.69. The number of hydrogen-bond acceptors (Lipinski definition) is 4. The van der Waals surface area contributed by atoms with Crippen LogP contribution in [0.1, 0.15) is 55.7 Å². The molecule has 6 nitrogen and oxygen atoms in total. The SMILES string of the molecule is CC(C)c1ccc(C(=O)N2CCN(C(=O)c3cccc(NC(=O)c4cccs4)c3)CC2)cc1. The average Bonchev–Trinajstić information content (AvgIpc) is 3.39. The maximum absolute atomic E-state index is 13.0. The molecule has 2 heterocycles. The minimum atomic E-state index is -0.192. The molecule has 0 radical (unpaired) electrons. The summed E-state index contributed by atoms with van der Waals surface area (Å²) >= 11 is 1.37. The van der Waals surface area contributed by atoms with Crippen LogP contribution in [0, 0.1) is 0 Å². The maximum Gasteiger partial charge on any atom is 0.265 e. The number of piperazine rings is 1.